The van der Waals surface area contributed by atoms with Crippen LogP contribution in [0, 0.1) is 0 Å². The number of rotatable bonds is 12. The van der Waals surface area contributed by atoms with Gasteiger partial charge in [-0.1, -0.05) is 30.3 Å². The van der Waals surface area contributed by atoms with E-state index in [1.807, 2.05) is 0 Å². The van der Waals surface area contributed by atoms with E-state index in [9.17, 15) is 13.9 Å². The summed E-state index contributed by atoms with van der Waals surface area (Å²) in [5, 5.41) is 6.08. The maximum Gasteiger partial charge on any atom is 0.372 e. The van der Waals surface area contributed by atoms with Gasteiger partial charge in [-0.15, -0.1) is 0 Å². The van der Waals surface area contributed by atoms with Gasteiger partial charge < -0.3 is 18.1 Å². The molecule has 2 rings (SSSR count). The van der Waals surface area contributed by atoms with E-state index in [2.05, 4.69) is 10.2 Å². The molecule has 162 valence electrons. The molecule has 0 fully saturated rings. The lowest BCUT2D eigenvalue weighted by Crippen LogP contribution is -2.33. The minimum absolute atomic E-state index is 0.0180. The van der Waals surface area contributed by atoms with Crippen molar-refractivity contribution in [2.75, 3.05) is 26.4 Å². The second-order valence-electron chi connectivity index (χ2n) is 6.11. The van der Waals surface area contributed by atoms with Gasteiger partial charge in [0.05, 0.1) is 26.4 Å². The highest BCUT2D eigenvalue weighted by Gasteiger charge is 2.69. The highest BCUT2D eigenvalue weighted by atomic mass is 31.2. The normalized spacial score (nSPS) is 18.8. The SMILES string of the molecule is CCOP(=O)(OCC)C1(P(=O)(OCC)OCC)CC(C(=O)c2ccccc2)N=N1. The molecule has 1 unspecified atom stereocenters. The number of carbonyl (C=O) groups excluding carboxylic acids is 1. The Morgan fingerprint density at radius 2 is 1.38 bits per heavy atom. The minimum Gasteiger partial charge on any atom is -0.307 e. The zero-order valence-electron chi connectivity index (χ0n) is 17.1. The fourth-order valence-corrected chi connectivity index (χ4v) is 8.44. The Hall–Kier alpha value is -1.21. The number of azo groups is 1. The third-order valence-electron chi connectivity index (χ3n) is 4.26. The van der Waals surface area contributed by atoms with E-state index >= 15 is 0 Å². The smallest absolute Gasteiger partial charge is 0.307 e. The first kappa shape index (κ1) is 24.1. The second kappa shape index (κ2) is 10.2. The molecular weight excluding hydrogens is 418 g/mol. The summed E-state index contributed by atoms with van der Waals surface area (Å²) in [6.07, 6.45) is -0.269. The van der Waals surface area contributed by atoms with Crippen LogP contribution in [-0.2, 0) is 27.2 Å². The Labute approximate surface area is 171 Å². The summed E-state index contributed by atoms with van der Waals surface area (Å²) in [6.45, 7) is 6.59. The van der Waals surface area contributed by atoms with Crippen LogP contribution in [0.25, 0.3) is 0 Å². The van der Waals surface area contributed by atoms with Gasteiger partial charge in [0.2, 0.25) is 0 Å². The van der Waals surface area contributed by atoms with E-state index in [1.54, 1.807) is 58.0 Å². The molecule has 0 spiro atoms. The quantitative estimate of drug-likeness (QED) is 0.317. The van der Waals surface area contributed by atoms with Gasteiger partial charge >= 0.3 is 15.2 Å². The van der Waals surface area contributed by atoms with Gasteiger partial charge in [0.25, 0.3) is 5.02 Å². The zero-order chi connectivity index (χ0) is 21.5. The van der Waals surface area contributed by atoms with Crippen LogP contribution in [0.4, 0.5) is 0 Å². The number of carbonyl (C=O) groups is 1. The summed E-state index contributed by atoms with van der Waals surface area (Å²) in [4.78, 5) is 12.9. The molecule has 0 amide bonds. The molecule has 1 aliphatic heterocycles. The van der Waals surface area contributed by atoms with Crippen molar-refractivity contribution in [2.24, 2.45) is 10.2 Å². The Balaban J connectivity index is 2.55. The van der Waals surface area contributed by atoms with E-state index in [0.29, 0.717) is 5.56 Å². The standard InChI is InChI=1S/C18H28N2O7P2/c1-5-24-28(22,25-6-2)18(29(23,26-7-3)27-8-4)14-16(19-20-18)17(21)15-12-10-9-11-13-15/h9-13,16H,5-8,14H2,1-4H3. The maximum atomic E-state index is 13.8. The molecular formula is C18H28N2O7P2. The molecule has 1 aromatic carbocycles. The molecule has 1 atom stereocenters. The van der Waals surface area contributed by atoms with Gasteiger partial charge in [0, 0.05) is 12.0 Å². The second-order valence-corrected chi connectivity index (χ2v) is 11.0. The summed E-state index contributed by atoms with van der Waals surface area (Å²) in [5.41, 5.74) is 0.414. The van der Waals surface area contributed by atoms with Crippen LogP contribution >= 0.6 is 15.2 Å². The largest absolute Gasteiger partial charge is 0.372 e. The maximum absolute atomic E-state index is 13.8. The first-order chi connectivity index (χ1) is 13.8. The predicted molar refractivity (Wildman–Crippen MR) is 108 cm³/mol. The molecule has 11 heteroatoms. The molecule has 0 N–H and O–H groups in total. The lowest BCUT2D eigenvalue weighted by atomic mass is 10.0. The van der Waals surface area contributed by atoms with Crippen LogP contribution in [0.15, 0.2) is 40.6 Å². The number of hydrogen-bond acceptors (Lipinski definition) is 9. The van der Waals surface area contributed by atoms with Crippen molar-refractivity contribution < 1.29 is 32.0 Å². The van der Waals surface area contributed by atoms with Crippen molar-refractivity contribution in [3.05, 3.63) is 35.9 Å². The van der Waals surface area contributed by atoms with Gasteiger partial charge in [0.1, 0.15) is 6.04 Å². The monoisotopic (exact) mass is 446 g/mol. The van der Waals surface area contributed by atoms with Crippen molar-refractivity contribution in [1.29, 1.82) is 0 Å². The molecule has 1 aliphatic rings. The molecule has 0 aromatic heterocycles. The molecule has 1 aromatic rings. The molecule has 0 radical (unpaired) electrons. The summed E-state index contributed by atoms with van der Waals surface area (Å²) >= 11 is 0. The number of ketones is 1. The van der Waals surface area contributed by atoms with E-state index in [0.717, 1.165) is 0 Å². The lowest BCUT2D eigenvalue weighted by molar-refractivity contribution is 0.0960. The number of Topliss-reactive ketones (excluding diaryl/α,β-unsaturated/α-hetero) is 1. The summed E-state index contributed by atoms with van der Waals surface area (Å²) in [5.74, 6) is -0.338. The van der Waals surface area contributed by atoms with Gasteiger partial charge in [-0.05, 0) is 27.7 Å². The molecule has 0 saturated carbocycles. The van der Waals surface area contributed by atoms with Crippen LogP contribution in [0.1, 0.15) is 44.5 Å². The minimum atomic E-state index is -4.17. The molecule has 9 nitrogen and oxygen atoms in total. The van der Waals surface area contributed by atoms with Crippen LogP contribution < -0.4 is 0 Å². The summed E-state index contributed by atoms with van der Waals surface area (Å²) in [6, 6.07) is 7.52. The topological polar surface area (TPSA) is 113 Å². The van der Waals surface area contributed by atoms with Crippen LogP contribution in [0.5, 0.6) is 0 Å². The van der Waals surface area contributed by atoms with Crippen molar-refractivity contribution in [2.45, 2.75) is 45.2 Å². The third kappa shape index (κ3) is 4.61. The van der Waals surface area contributed by atoms with Gasteiger partial charge in [-0.3, -0.25) is 13.9 Å². The average Bonchev–Trinajstić information content (AvgIpc) is 3.17. The van der Waals surface area contributed by atoms with Crippen molar-refractivity contribution in [3.63, 3.8) is 0 Å². The highest BCUT2D eigenvalue weighted by Crippen LogP contribution is 2.81. The van der Waals surface area contributed by atoms with Crippen LogP contribution in [0.2, 0.25) is 0 Å². The Morgan fingerprint density at radius 3 is 1.79 bits per heavy atom. The highest BCUT2D eigenvalue weighted by molar-refractivity contribution is 7.74. The van der Waals surface area contributed by atoms with Crippen LogP contribution in [-0.4, -0.2) is 43.3 Å². The van der Waals surface area contributed by atoms with Gasteiger partial charge in [-0.2, -0.15) is 10.2 Å². The first-order valence-corrected chi connectivity index (χ1v) is 12.7. The fourth-order valence-electron chi connectivity index (χ4n) is 3.09. The Kier molecular flexibility index (Phi) is 8.47. The predicted octanol–water partition coefficient (Wildman–Crippen LogP) is 5.28. The molecule has 29 heavy (non-hydrogen) atoms. The zero-order valence-corrected chi connectivity index (χ0v) is 18.9. The van der Waals surface area contributed by atoms with Crippen molar-refractivity contribution >= 4 is 21.0 Å². The molecule has 0 saturated heterocycles. The lowest BCUT2D eigenvalue weighted by Gasteiger charge is -2.36. The molecule has 1 heterocycles. The van der Waals surface area contributed by atoms with E-state index < -0.39 is 26.3 Å². The third-order valence-corrected chi connectivity index (χ3v) is 10.4. The van der Waals surface area contributed by atoms with E-state index in [-0.39, 0.29) is 38.6 Å². The van der Waals surface area contributed by atoms with E-state index in [1.165, 1.54) is 0 Å². The number of hydrogen-bond donors (Lipinski definition) is 0. The fraction of sp³-hybridized carbons (Fsp3) is 0.611. The van der Waals surface area contributed by atoms with Crippen LogP contribution in [0.3, 0.4) is 0 Å². The molecule has 0 bridgehead atoms. The molecule has 0 aliphatic carbocycles. The summed E-state index contributed by atoms with van der Waals surface area (Å²) in [7, 11) is -8.35. The summed E-state index contributed by atoms with van der Waals surface area (Å²) < 4.78 is 49.5. The Morgan fingerprint density at radius 1 is 0.931 bits per heavy atom. The van der Waals surface area contributed by atoms with Crippen molar-refractivity contribution in [1.82, 2.24) is 0 Å². The van der Waals surface area contributed by atoms with Gasteiger partial charge in [-0.25, -0.2) is 0 Å². The van der Waals surface area contributed by atoms with Crippen molar-refractivity contribution in [3.8, 4) is 0 Å². The van der Waals surface area contributed by atoms with E-state index in [4.69, 9.17) is 18.1 Å². The number of benzene rings is 1. The Bertz CT molecular complexity index is 766. The number of nitrogens with zero attached hydrogens (tertiary/aromatic N) is 2. The van der Waals surface area contributed by atoms with Gasteiger partial charge in [0.15, 0.2) is 5.78 Å². The average molecular weight is 446 g/mol. The first-order valence-electron chi connectivity index (χ1n) is 9.62.